The maximum Gasteiger partial charge on any atom is 0.313 e. The number of benzene rings is 2. The smallest absolute Gasteiger partial charge is 0.313 e. The summed E-state index contributed by atoms with van der Waals surface area (Å²) in [5, 5.41) is 19.9. The molecular formula is C29H31N5O3. The number of rotatable bonds is 6. The van der Waals surface area contributed by atoms with Crippen LogP contribution in [0.15, 0.2) is 66.9 Å². The standard InChI is InChI=1S/C29H31N5O3/c1-19(2)28(29(36)37-3)21-10-11-30-27(17-21)34-14-12-33(13-15-34)22-9-8-20-16-25(32-31-24(20)18-22)23-6-4-5-7-26(23)35/h4-11,16-19,28,35H,12-15H2,1-3H3. The number of pyridine rings is 1. The molecule has 1 aliphatic heterocycles. The van der Waals surface area contributed by atoms with E-state index in [1.165, 1.54) is 7.11 Å². The Labute approximate surface area is 216 Å². The molecule has 37 heavy (non-hydrogen) atoms. The number of aromatic nitrogens is 3. The summed E-state index contributed by atoms with van der Waals surface area (Å²) in [5.41, 5.74) is 4.17. The predicted octanol–water partition coefficient (Wildman–Crippen LogP) is 4.64. The van der Waals surface area contributed by atoms with Crippen LogP contribution in [-0.2, 0) is 9.53 Å². The number of carbonyl (C=O) groups is 1. The number of para-hydroxylation sites is 1. The van der Waals surface area contributed by atoms with Crippen LogP contribution in [0.25, 0.3) is 22.2 Å². The van der Waals surface area contributed by atoms with E-state index in [1.807, 2.05) is 44.2 Å². The van der Waals surface area contributed by atoms with Crippen LogP contribution in [0.4, 0.5) is 11.5 Å². The Kier molecular flexibility index (Phi) is 6.90. The highest BCUT2D eigenvalue weighted by molar-refractivity contribution is 5.85. The number of methoxy groups -OCH3 is 1. The Morgan fingerprint density at radius 2 is 1.70 bits per heavy atom. The molecule has 1 saturated heterocycles. The van der Waals surface area contributed by atoms with Gasteiger partial charge in [0.15, 0.2) is 0 Å². The minimum Gasteiger partial charge on any atom is -0.507 e. The first-order chi connectivity index (χ1) is 17.9. The zero-order valence-corrected chi connectivity index (χ0v) is 21.3. The number of ether oxygens (including phenoxy) is 1. The molecule has 2 aromatic heterocycles. The number of nitrogens with zero attached hydrogens (tertiary/aromatic N) is 5. The molecule has 3 heterocycles. The van der Waals surface area contributed by atoms with Crippen LogP contribution in [0.5, 0.6) is 5.75 Å². The molecule has 0 amide bonds. The quantitative estimate of drug-likeness (QED) is 0.386. The highest BCUT2D eigenvalue weighted by atomic mass is 16.5. The number of fused-ring (bicyclic) bond motifs is 1. The lowest BCUT2D eigenvalue weighted by Gasteiger charge is -2.37. The lowest BCUT2D eigenvalue weighted by atomic mass is 9.89. The predicted molar refractivity (Wildman–Crippen MR) is 145 cm³/mol. The highest BCUT2D eigenvalue weighted by Gasteiger charge is 2.26. The number of esters is 1. The van der Waals surface area contributed by atoms with Crippen LogP contribution in [0.1, 0.15) is 25.3 Å². The van der Waals surface area contributed by atoms with Gasteiger partial charge in [0.2, 0.25) is 0 Å². The Hall–Kier alpha value is -4.20. The van der Waals surface area contributed by atoms with E-state index in [2.05, 4.69) is 43.2 Å². The minimum absolute atomic E-state index is 0.130. The van der Waals surface area contributed by atoms with Crippen molar-refractivity contribution in [3.05, 3.63) is 72.4 Å². The second kappa shape index (κ2) is 10.4. The molecule has 1 fully saturated rings. The van der Waals surface area contributed by atoms with Crippen LogP contribution in [0, 0.1) is 5.92 Å². The van der Waals surface area contributed by atoms with E-state index in [0.29, 0.717) is 11.3 Å². The highest BCUT2D eigenvalue weighted by Crippen LogP contribution is 2.31. The van der Waals surface area contributed by atoms with E-state index >= 15 is 0 Å². The molecule has 4 aromatic rings. The minimum atomic E-state index is -0.307. The summed E-state index contributed by atoms with van der Waals surface area (Å²) in [6.07, 6.45) is 1.78. The van der Waals surface area contributed by atoms with Gasteiger partial charge >= 0.3 is 5.97 Å². The van der Waals surface area contributed by atoms with Crippen LogP contribution in [0.2, 0.25) is 0 Å². The fourth-order valence-electron chi connectivity index (χ4n) is 4.96. The molecule has 1 atom stereocenters. The monoisotopic (exact) mass is 497 g/mol. The van der Waals surface area contributed by atoms with Crippen LogP contribution in [-0.4, -0.2) is 59.5 Å². The Bertz CT molecular complexity index is 1420. The van der Waals surface area contributed by atoms with Crippen molar-refractivity contribution in [1.29, 1.82) is 0 Å². The molecule has 0 radical (unpaired) electrons. The van der Waals surface area contributed by atoms with Crippen molar-refractivity contribution in [3.8, 4) is 17.0 Å². The van der Waals surface area contributed by atoms with Gasteiger partial charge in [0.25, 0.3) is 0 Å². The van der Waals surface area contributed by atoms with Gasteiger partial charge in [0.05, 0.1) is 24.2 Å². The molecule has 2 aromatic carbocycles. The van der Waals surface area contributed by atoms with Gasteiger partial charge in [-0.1, -0.05) is 32.0 Å². The number of anilines is 2. The van der Waals surface area contributed by atoms with Gasteiger partial charge in [-0.2, -0.15) is 0 Å². The fraction of sp³-hybridized carbons (Fsp3) is 0.310. The molecule has 8 nitrogen and oxygen atoms in total. The first-order valence-electron chi connectivity index (χ1n) is 12.5. The molecule has 1 N–H and O–H groups in total. The molecule has 1 unspecified atom stereocenters. The van der Waals surface area contributed by atoms with E-state index in [9.17, 15) is 9.90 Å². The lowest BCUT2D eigenvalue weighted by Crippen LogP contribution is -2.46. The van der Waals surface area contributed by atoms with Gasteiger partial charge in [0.1, 0.15) is 11.6 Å². The van der Waals surface area contributed by atoms with Crippen molar-refractivity contribution in [2.45, 2.75) is 19.8 Å². The van der Waals surface area contributed by atoms with Gasteiger partial charge < -0.3 is 19.6 Å². The van der Waals surface area contributed by atoms with E-state index in [4.69, 9.17) is 4.74 Å². The van der Waals surface area contributed by atoms with E-state index < -0.39 is 0 Å². The summed E-state index contributed by atoms with van der Waals surface area (Å²) >= 11 is 0. The third kappa shape index (κ3) is 5.05. The van der Waals surface area contributed by atoms with Crippen LogP contribution in [0.3, 0.4) is 0 Å². The second-order valence-corrected chi connectivity index (χ2v) is 9.66. The van der Waals surface area contributed by atoms with Crippen LogP contribution < -0.4 is 9.80 Å². The van der Waals surface area contributed by atoms with Gasteiger partial charge in [-0.05, 0) is 53.9 Å². The lowest BCUT2D eigenvalue weighted by molar-refractivity contribution is -0.143. The average molecular weight is 498 g/mol. The Morgan fingerprint density at radius 3 is 2.43 bits per heavy atom. The van der Waals surface area contributed by atoms with Crippen molar-refractivity contribution >= 4 is 28.4 Å². The van der Waals surface area contributed by atoms with Gasteiger partial charge in [0, 0.05) is 49.0 Å². The third-order valence-electron chi connectivity index (χ3n) is 6.97. The van der Waals surface area contributed by atoms with Gasteiger partial charge in [-0.25, -0.2) is 4.98 Å². The molecule has 0 spiro atoms. The van der Waals surface area contributed by atoms with Crippen LogP contribution >= 0.6 is 0 Å². The largest absolute Gasteiger partial charge is 0.507 e. The molecule has 8 heteroatoms. The number of hydrogen-bond donors (Lipinski definition) is 1. The number of phenols is 1. The molecule has 5 rings (SSSR count). The summed E-state index contributed by atoms with van der Waals surface area (Å²) < 4.78 is 5.04. The fourth-order valence-corrected chi connectivity index (χ4v) is 4.96. The molecule has 0 saturated carbocycles. The second-order valence-electron chi connectivity index (χ2n) is 9.66. The average Bonchev–Trinajstić information content (AvgIpc) is 2.93. The summed E-state index contributed by atoms with van der Waals surface area (Å²) in [7, 11) is 1.43. The number of piperazine rings is 1. The zero-order valence-electron chi connectivity index (χ0n) is 21.3. The van der Waals surface area contributed by atoms with E-state index in [0.717, 1.165) is 54.2 Å². The van der Waals surface area contributed by atoms with E-state index in [-0.39, 0.29) is 23.6 Å². The normalized spacial score (nSPS) is 14.7. The summed E-state index contributed by atoms with van der Waals surface area (Å²) in [6, 6.07) is 19.3. The van der Waals surface area contributed by atoms with Gasteiger partial charge in [-0.3, -0.25) is 4.79 Å². The van der Waals surface area contributed by atoms with Crippen molar-refractivity contribution in [2.75, 3.05) is 43.1 Å². The summed E-state index contributed by atoms with van der Waals surface area (Å²) in [5.74, 6) is 0.677. The number of carbonyl (C=O) groups excluding carboxylic acids is 1. The summed E-state index contributed by atoms with van der Waals surface area (Å²) in [6.45, 7) is 7.37. The maximum absolute atomic E-state index is 12.4. The third-order valence-corrected chi connectivity index (χ3v) is 6.97. The van der Waals surface area contributed by atoms with Crippen molar-refractivity contribution in [3.63, 3.8) is 0 Å². The zero-order chi connectivity index (χ0) is 25.9. The summed E-state index contributed by atoms with van der Waals surface area (Å²) in [4.78, 5) is 21.5. The Balaban J connectivity index is 1.30. The molecule has 0 aliphatic carbocycles. The number of phenolic OH excluding ortho intramolecular Hbond substituents is 1. The maximum atomic E-state index is 12.4. The van der Waals surface area contributed by atoms with Crippen molar-refractivity contribution in [2.24, 2.45) is 5.92 Å². The molecule has 0 bridgehead atoms. The van der Waals surface area contributed by atoms with Gasteiger partial charge in [-0.15, -0.1) is 10.2 Å². The molecule has 190 valence electrons. The first kappa shape index (κ1) is 24.5. The van der Waals surface area contributed by atoms with Crippen molar-refractivity contribution < 1.29 is 14.6 Å². The molecular weight excluding hydrogens is 466 g/mol. The number of aromatic hydroxyl groups is 1. The topological polar surface area (TPSA) is 91.7 Å². The van der Waals surface area contributed by atoms with E-state index in [1.54, 1.807) is 18.3 Å². The number of hydrogen-bond acceptors (Lipinski definition) is 8. The SMILES string of the molecule is COC(=O)C(c1ccnc(N2CCN(c3ccc4cc(-c5ccccc5O)nnc4c3)CC2)c1)C(C)C. The Morgan fingerprint density at radius 1 is 0.946 bits per heavy atom. The first-order valence-corrected chi connectivity index (χ1v) is 12.5. The molecule has 1 aliphatic rings. The van der Waals surface area contributed by atoms with Crippen molar-refractivity contribution in [1.82, 2.24) is 15.2 Å².